The number of nitrogens with zero attached hydrogens (tertiary/aromatic N) is 2. The summed E-state index contributed by atoms with van der Waals surface area (Å²) in [7, 11) is -3.59. The molecule has 6 nitrogen and oxygen atoms in total. The molecule has 0 aromatic heterocycles. The number of carbonyl (C=O) groups is 1. The molecule has 0 atom stereocenters. The van der Waals surface area contributed by atoms with E-state index in [0.717, 1.165) is 0 Å². The largest absolute Gasteiger partial charge is 0.480 e. The smallest absolute Gasteiger partial charge is 0.317 e. The maximum Gasteiger partial charge on any atom is 0.317 e. The first kappa shape index (κ1) is 16.2. The fourth-order valence-corrected chi connectivity index (χ4v) is 4.22. The van der Waals surface area contributed by atoms with Gasteiger partial charge in [-0.3, -0.25) is 9.69 Å². The molecule has 1 heterocycles. The number of carboxylic acid groups (broad SMARTS) is 1. The van der Waals surface area contributed by atoms with Gasteiger partial charge >= 0.3 is 5.97 Å². The molecule has 2 rings (SSSR count). The van der Waals surface area contributed by atoms with E-state index in [1.54, 1.807) is 24.0 Å². The predicted octanol–water partition coefficient (Wildman–Crippen LogP) is 1.04. The number of aryl methyl sites for hydroxylation is 1. The van der Waals surface area contributed by atoms with Crippen molar-refractivity contribution in [3.8, 4) is 0 Å². The number of hydrogen-bond donors (Lipinski definition) is 1. The third kappa shape index (κ3) is 3.74. The number of benzene rings is 1. The highest BCUT2D eigenvalue weighted by molar-refractivity contribution is 7.89. The summed E-state index contributed by atoms with van der Waals surface area (Å²) >= 11 is 5.89. The van der Waals surface area contributed by atoms with Crippen molar-refractivity contribution in [3.05, 3.63) is 28.8 Å². The first-order chi connectivity index (χ1) is 9.80. The van der Waals surface area contributed by atoms with Gasteiger partial charge in [0.2, 0.25) is 10.0 Å². The molecule has 1 N–H and O–H groups in total. The van der Waals surface area contributed by atoms with Gasteiger partial charge in [-0.2, -0.15) is 4.31 Å². The summed E-state index contributed by atoms with van der Waals surface area (Å²) in [5, 5.41) is 9.13. The maximum absolute atomic E-state index is 12.6. The highest BCUT2D eigenvalue weighted by atomic mass is 35.5. The molecule has 1 fully saturated rings. The lowest BCUT2D eigenvalue weighted by atomic mass is 10.2. The van der Waals surface area contributed by atoms with Crippen LogP contribution in [0.2, 0.25) is 5.02 Å². The molecule has 1 aromatic rings. The van der Waals surface area contributed by atoms with E-state index >= 15 is 0 Å². The molecule has 0 saturated carbocycles. The van der Waals surface area contributed by atoms with Crippen molar-refractivity contribution in [2.24, 2.45) is 0 Å². The highest BCUT2D eigenvalue weighted by Crippen LogP contribution is 2.24. The van der Waals surface area contributed by atoms with Crippen LogP contribution in [-0.4, -0.2) is 61.4 Å². The zero-order valence-corrected chi connectivity index (χ0v) is 13.2. The van der Waals surface area contributed by atoms with E-state index in [4.69, 9.17) is 16.7 Å². The Kier molecular flexibility index (Phi) is 4.88. The fourth-order valence-electron chi connectivity index (χ4n) is 2.31. The number of carboxylic acids is 1. The van der Waals surface area contributed by atoms with Crippen molar-refractivity contribution in [2.45, 2.75) is 11.8 Å². The van der Waals surface area contributed by atoms with Crippen LogP contribution in [0.5, 0.6) is 0 Å². The summed E-state index contributed by atoms with van der Waals surface area (Å²) in [6.07, 6.45) is 0. The number of piperazine rings is 1. The molecule has 0 aliphatic carbocycles. The second kappa shape index (κ2) is 6.31. The Balaban J connectivity index is 2.15. The number of sulfonamides is 1. The van der Waals surface area contributed by atoms with Crippen molar-refractivity contribution in [2.75, 3.05) is 32.7 Å². The van der Waals surface area contributed by atoms with Crippen molar-refractivity contribution in [1.29, 1.82) is 0 Å². The molecule has 1 saturated heterocycles. The van der Waals surface area contributed by atoms with Crippen LogP contribution in [0.25, 0.3) is 0 Å². The van der Waals surface area contributed by atoms with Crippen LogP contribution in [0.1, 0.15) is 5.56 Å². The molecule has 0 spiro atoms. The molecular formula is C13H17ClN2O4S. The van der Waals surface area contributed by atoms with E-state index in [2.05, 4.69) is 0 Å². The topological polar surface area (TPSA) is 77.9 Å². The molecule has 0 radical (unpaired) electrons. The zero-order valence-electron chi connectivity index (χ0n) is 11.6. The Morgan fingerprint density at radius 1 is 1.29 bits per heavy atom. The summed E-state index contributed by atoms with van der Waals surface area (Å²) < 4.78 is 26.6. The summed E-state index contributed by atoms with van der Waals surface area (Å²) in [6.45, 7) is 3.04. The van der Waals surface area contributed by atoms with Crippen LogP contribution < -0.4 is 0 Å². The van der Waals surface area contributed by atoms with Gasteiger partial charge in [-0.15, -0.1) is 0 Å². The molecule has 1 aromatic carbocycles. The van der Waals surface area contributed by atoms with Gasteiger partial charge in [0.05, 0.1) is 11.4 Å². The predicted molar refractivity (Wildman–Crippen MR) is 79.0 cm³/mol. The Bertz CT molecular complexity index is 640. The second-order valence-electron chi connectivity index (χ2n) is 4.98. The van der Waals surface area contributed by atoms with Crippen molar-refractivity contribution in [1.82, 2.24) is 9.21 Å². The van der Waals surface area contributed by atoms with Gasteiger partial charge in [0.1, 0.15) is 0 Å². The first-order valence-electron chi connectivity index (χ1n) is 6.51. The summed E-state index contributed by atoms with van der Waals surface area (Å²) in [5.41, 5.74) is 0.646. The molecule has 0 bridgehead atoms. The van der Waals surface area contributed by atoms with Gasteiger partial charge in [-0.1, -0.05) is 17.7 Å². The molecular weight excluding hydrogens is 316 g/mol. The highest BCUT2D eigenvalue weighted by Gasteiger charge is 2.30. The standard InChI is InChI=1S/C13H17ClN2O4S/c1-10-2-3-11(14)8-12(10)21(19,20)16-6-4-15(5-7-16)9-13(17)18/h2-3,8H,4-7,9H2,1H3,(H,17,18). The third-order valence-electron chi connectivity index (χ3n) is 3.46. The molecule has 1 aliphatic rings. The van der Waals surface area contributed by atoms with Crippen LogP contribution in [0.4, 0.5) is 0 Å². The van der Waals surface area contributed by atoms with E-state index in [0.29, 0.717) is 23.7 Å². The van der Waals surface area contributed by atoms with Crippen LogP contribution in [0.3, 0.4) is 0 Å². The van der Waals surface area contributed by atoms with Crippen molar-refractivity contribution < 1.29 is 18.3 Å². The van der Waals surface area contributed by atoms with Gasteiger partial charge in [0, 0.05) is 31.2 Å². The first-order valence-corrected chi connectivity index (χ1v) is 8.33. The van der Waals surface area contributed by atoms with E-state index in [-0.39, 0.29) is 24.5 Å². The minimum atomic E-state index is -3.59. The number of aliphatic carboxylic acids is 1. The van der Waals surface area contributed by atoms with Crippen LogP contribution >= 0.6 is 11.6 Å². The average molecular weight is 333 g/mol. The molecule has 0 amide bonds. The lowest BCUT2D eigenvalue weighted by Gasteiger charge is -2.33. The minimum absolute atomic E-state index is 0.0654. The van der Waals surface area contributed by atoms with E-state index in [1.807, 2.05) is 0 Å². The zero-order chi connectivity index (χ0) is 15.6. The molecule has 0 unspecified atom stereocenters. The lowest BCUT2D eigenvalue weighted by molar-refractivity contribution is -0.138. The fraction of sp³-hybridized carbons (Fsp3) is 0.462. The Morgan fingerprint density at radius 2 is 1.90 bits per heavy atom. The summed E-state index contributed by atoms with van der Waals surface area (Å²) in [5.74, 6) is -0.906. The Hall–Kier alpha value is -1.15. The normalized spacial score (nSPS) is 17.8. The van der Waals surface area contributed by atoms with Gasteiger partial charge in [-0.05, 0) is 24.6 Å². The molecule has 116 valence electrons. The average Bonchev–Trinajstić information content (AvgIpc) is 2.41. The maximum atomic E-state index is 12.6. The summed E-state index contributed by atoms with van der Waals surface area (Å²) in [6, 6.07) is 4.78. The quantitative estimate of drug-likeness (QED) is 0.891. The van der Waals surface area contributed by atoms with E-state index < -0.39 is 16.0 Å². The van der Waals surface area contributed by atoms with Crippen molar-refractivity contribution >= 4 is 27.6 Å². The van der Waals surface area contributed by atoms with Gasteiger partial charge in [0.25, 0.3) is 0 Å². The Morgan fingerprint density at radius 3 is 2.48 bits per heavy atom. The van der Waals surface area contributed by atoms with Gasteiger partial charge < -0.3 is 5.11 Å². The Labute approximate surface area is 129 Å². The van der Waals surface area contributed by atoms with Crippen molar-refractivity contribution in [3.63, 3.8) is 0 Å². The minimum Gasteiger partial charge on any atom is -0.480 e. The van der Waals surface area contributed by atoms with E-state index in [9.17, 15) is 13.2 Å². The lowest BCUT2D eigenvalue weighted by Crippen LogP contribution is -2.49. The number of rotatable bonds is 4. The van der Waals surface area contributed by atoms with Crippen LogP contribution in [-0.2, 0) is 14.8 Å². The van der Waals surface area contributed by atoms with Gasteiger partial charge in [0.15, 0.2) is 0 Å². The molecule has 8 heteroatoms. The molecule has 1 aliphatic heterocycles. The number of hydrogen-bond acceptors (Lipinski definition) is 4. The summed E-state index contributed by atoms with van der Waals surface area (Å²) in [4.78, 5) is 12.6. The second-order valence-corrected chi connectivity index (χ2v) is 7.33. The number of halogens is 1. The van der Waals surface area contributed by atoms with E-state index in [1.165, 1.54) is 10.4 Å². The van der Waals surface area contributed by atoms with Gasteiger partial charge in [-0.25, -0.2) is 8.42 Å². The third-order valence-corrected chi connectivity index (χ3v) is 5.73. The SMILES string of the molecule is Cc1ccc(Cl)cc1S(=O)(=O)N1CCN(CC(=O)O)CC1. The van der Waals surface area contributed by atoms with Crippen LogP contribution in [0, 0.1) is 6.92 Å². The monoisotopic (exact) mass is 332 g/mol. The molecule has 21 heavy (non-hydrogen) atoms. The van der Waals surface area contributed by atoms with Crippen LogP contribution in [0.15, 0.2) is 23.1 Å².